The van der Waals surface area contributed by atoms with Crippen molar-refractivity contribution in [1.29, 1.82) is 0 Å². The number of amides is 1. The van der Waals surface area contributed by atoms with Crippen LogP contribution in [0.4, 0.5) is 5.69 Å². The van der Waals surface area contributed by atoms with Crippen molar-refractivity contribution in [1.82, 2.24) is 0 Å². The summed E-state index contributed by atoms with van der Waals surface area (Å²) in [6.07, 6.45) is 0. The maximum Gasteiger partial charge on any atom is 0.234 e. The molecule has 0 fully saturated rings. The second kappa shape index (κ2) is 3.26. The van der Waals surface area contributed by atoms with Gasteiger partial charge in [-0.05, 0) is 44.5 Å². The fourth-order valence-electron chi connectivity index (χ4n) is 1.81. The lowest BCUT2D eigenvalue weighted by atomic mass is 9.86. The highest BCUT2D eigenvalue weighted by Gasteiger charge is 2.38. The van der Waals surface area contributed by atoms with E-state index in [1.54, 1.807) is 0 Å². The first-order chi connectivity index (χ1) is 7.05. The summed E-state index contributed by atoms with van der Waals surface area (Å²) in [6.45, 7) is 6.43. The van der Waals surface area contributed by atoms with Gasteiger partial charge in [-0.1, -0.05) is 0 Å². The van der Waals surface area contributed by atoms with Gasteiger partial charge in [0.05, 0.1) is 12.0 Å². The fraction of sp³-hybridized carbons (Fsp3) is 0.417. The predicted octanol–water partition coefficient (Wildman–Crippen LogP) is 2.31. The van der Waals surface area contributed by atoms with Crippen LogP contribution in [0.1, 0.15) is 26.3 Å². The first-order valence-electron chi connectivity index (χ1n) is 5.14. The zero-order chi connectivity index (χ0) is 11.1. The Hall–Kier alpha value is -1.51. The van der Waals surface area contributed by atoms with Crippen LogP contribution in [0.2, 0.25) is 0 Å². The van der Waals surface area contributed by atoms with Gasteiger partial charge in [0.25, 0.3) is 0 Å². The van der Waals surface area contributed by atoms with E-state index in [0.29, 0.717) is 6.61 Å². The number of nitrogens with one attached hydrogen (secondary N) is 1. The molecule has 1 heterocycles. The lowest BCUT2D eigenvalue weighted by molar-refractivity contribution is -0.119. The Bertz CT molecular complexity index is 410. The van der Waals surface area contributed by atoms with E-state index in [4.69, 9.17) is 4.74 Å². The molecule has 1 amide bonds. The molecule has 2 rings (SSSR count). The number of carbonyl (C=O) groups excluding carboxylic acids is 1. The molecule has 0 saturated heterocycles. The van der Waals surface area contributed by atoms with Gasteiger partial charge in [0.2, 0.25) is 5.91 Å². The Kier molecular flexibility index (Phi) is 2.18. The fourth-order valence-corrected chi connectivity index (χ4v) is 1.81. The molecule has 3 heteroatoms. The number of anilines is 1. The summed E-state index contributed by atoms with van der Waals surface area (Å²) in [4.78, 5) is 11.7. The predicted molar refractivity (Wildman–Crippen MR) is 59.3 cm³/mol. The first kappa shape index (κ1) is 10.0. The number of carbonyl (C=O) groups is 1. The number of rotatable bonds is 2. The highest BCUT2D eigenvalue weighted by atomic mass is 16.5. The molecule has 0 spiro atoms. The quantitative estimate of drug-likeness (QED) is 0.804. The number of fused-ring (bicyclic) bond motifs is 1. The van der Waals surface area contributed by atoms with Crippen LogP contribution < -0.4 is 10.1 Å². The van der Waals surface area contributed by atoms with Gasteiger partial charge in [0, 0.05) is 5.69 Å². The Morgan fingerprint density at radius 3 is 2.80 bits per heavy atom. The van der Waals surface area contributed by atoms with Crippen molar-refractivity contribution < 1.29 is 9.53 Å². The zero-order valence-electron chi connectivity index (χ0n) is 9.26. The van der Waals surface area contributed by atoms with Gasteiger partial charge in [-0.3, -0.25) is 4.79 Å². The summed E-state index contributed by atoms with van der Waals surface area (Å²) in [6, 6.07) is 5.72. The van der Waals surface area contributed by atoms with E-state index < -0.39 is 5.41 Å². The van der Waals surface area contributed by atoms with Crippen molar-refractivity contribution >= 4 is 11.6 Å². The van der Waals surface area contributed by atoms with E-state index in [1.165, 1.54) is 0 Å². The second-order valence-corrected chi connectivity index (χ2v) is 4.22. The summed E-state index contributed by atoms with van der Waals surface area (Å²) < 4.78 is 5.42. The monoisotopic (exact) mass is 205 g/mol. The van der Waals surface area contributed by atoms with Crippen molar-refractivity contribution in [2.45, 2.75) is 26.2 Å². The Morgan fingerprint density at radius 1 is 1.40 bits per heavy atom. The molecular weight excluding hydrogens is 190 g/mol. The SMILES string of the molecule is CCOc1ccc2c(c1)C(C)(C)C(=O)N2. The highest BCUT2D eigenvalue weighted by Crippen LogP contribution is 2.39. The standard InChI is InChI=1S/C12H15NO2/c1-4-15-8-5-6-10-9(7-8)12(2,3)11(14)13-10/h5-7H,4H2,1-3H3,(H,13,14). The number of ether oxygens (including phenoxy) is 1. The van der Waals surface area contributed by atoms with E-state index in [-0.39, 0.29) is 5.91 Å². The van der Waals surface area contributed by atoms with Crippen LogP contribution in [-0.4, -0.2) is 12.5 Å². The largest absolute Gasteiger partial charge is 0.494 e. The maximum atomic E-state index is 11.7. The van der Waals surface area contributed by atoms with Crippen LogP contribution in [0.25, 0.3) is 0 Å². The third-order valence-corrected chi connectivity index (χ3v) is 2.79. The van der Waals surface area contributed by atoms with Crippen molar-refractivity contribution in [2.24, 2.45) is 0 Å². The van der Waals surface area contributed by atoms with Gasteiger partial charge in [0.15, 0.2) is 0 Å². The van der Waals surface area contributed by atoms with Crippen LogP contribution in [-0.2, 0) is 10.2 Å². The van der Waals surface area contributed by atoms with E-state index in [0.717, 1.165) is 17.0 Å². The van der Waals surface area contributed by atoms with E-state index in [2.05, 4.69) is 5.32 Å². The number of hydrogen-bond donors (Lipinski definition) is 1. The summed E-state index contributed by atoms with van der Waals surface area (Å²) in [7, 11) is 0. The van der Waals surface area contributed by atoms with Crippen LogP contribution in [0.5, 0.6) is 5.75 Å². The molecule has 15 heavy (non-hydrogen) atoms. The zero-order valence-corrected chi connectivity index (χ0v) is 9.26. The molecule has 1 aromatic carbocycles. The number of hydrogen-bond acceptors (Lipinski definition) is 2. The van der Waals surface area contributed by atoms with Crippen molar-refractivity contribution in [2.75, 3.05) is 11.9 Å². The van der Waals surface area contributed by atoms with Gasteiger partial charge in [-0.15, -0.1) is 0 Å². The smallest absolute Gasteiger partial charge is 0.234 e. The summed E-state index contributed by atoms with van der Waals surface area (Å²) in [5.41, 5.74) is 1.45. The molecule has 80 valence electrons. The molecule has 1 aliphatic rings. The van der Waals surface area contributed by atoms with Gasteiger partial charge in [-0.25, -0.2) is 0 Å². The van der Waals surface area contributed by atoms with Crippen molar-refractivity contribution in [3.8, 4) is 5.75 Å². The minimum atomic E-state index is -0.456. The summed E-state index contributed by atoms with van der Waals surface area (Å²) in [5.74, 6) is 0.868. The third-order valence-electron chi connectivity index (χ3n) is 2.79. The molecule has 1 aliphatic heterocycles. The molecule has 0 unspecified atom stereocenters. The lowest BCUT2D eigenvalue weighted by Gasteiger charge is -2.15. The van der Waals surface area contributed by atoms with Gasteiger partial charge < -0.3 is 10.1 Å². The molecule has 0 atom stereocenters. The van der Waals surface area contributed by atoms with Crippen LogP contribution in [0, 0.1) is 0 Å². The average molecular weight is 205 g/mol. The summed E-state index contributed by atoms with van der Waals surface area (Å²) >= 11 is 0. The molecule has 1 aromatic rings. The van der Waals surface area contributed by atoms with Crippen LogP contribution >= 0.6 is 0 Å². The topological polar surface area (TPSA) is 38.3 Å². The van der Waals surface area contributed by atoms with E-state index in [9.17, 15) is 4.79 Å². The van der Waals surface area contributed by atoms with Crippen LogP contribution in [0.3, 0.4) is 0 Å². The number of benzene rings is 1. The molecule has 0 radical (unpaired) electrons. The normalized spacial score (nSPS) is 17.1. The maximum absolute atomic E-state index is 11.7. The van der Waals surface area contributed by atoms with Crippen molar-refractivity contribution in [3.05, 3.63) is 23.8 Å². The molecular formula is C12H15NO2. The summed E-state index contributed by atoms with van der Waals surface area (Å²) in [5, 5.41) is 2.86. The van der Waals surface area contributed by atoms with Crippen LogP contribution in [0.15, 0.2) is 18.2 Å². The molecule has 0 bridgehead atoms. The minimum Gasteiger partial charge on any atom is -0.494 e. The molecule has 3 nitrogen and oxygen atoms in total. The third kappa shape index (κ3) is 1.48. The van der Waals surface area contributed by atoms with Gasteiger partial charge in [0.1, 0.15) is 5.75 Å². The first-order valence-corrected chi connectivity index (χ1v) is 5.14. The second-order valence-electron chi connectivity index (χ2n) is 4.22. The van der Waals surface area contributed by atoms with E-state index >= 15 is 0 Å². The highest BCUT2D eigenvalue weighted by molar-refractivity contribution is 6.05. The van der Waals surface area contributed by atoms with Gasteiger partial charge in [-0.2, -0.15) is 0 Å². The molecule has 0 saturated carbocycles. The van der Waals surface area contributed by atoms with E-state index in [1.807, 2.05) is 39.0 Å². The van der Waals surface area contributed by atoms with Crippen molar-refractivity contribution in [3.63, 3.8) is 0 Å². The molecule has 0 aromatic heterocycles. The Morgan fingerprint density at radius 2 is 2.13 bits per heavy atom. The molecule has 1 N–H and O–H groups in total. The average Bonchev–Trinajstić information content (AvgIpc) is 2.40. The Balaban J connectivity index is 2.45. The van der Waals surface area contributed by atoms with Gasteiger partial charge >= 0.3 is 0 Å². The minimum absolute atomic E-state index is 0.0474. The Labute approximate surface area is 89.4 Å². The lowest BCUT2D eigenvalue weighted by Crippen LogP contribution is -2.26. The molecule has 0 aliphatic carbocycles.